The lowest BCUT2D eigenvalue weighted by molar-refractivity contribution is -0.919. The van der Waals surface area contributed by atoms with E-state index in [9.17, 15) is 0 Å². The summed E-state index contributed by atoms with van der Waals surface area (Å²) in [4.78, 5) is 0. The van der Waals surface area contributed by atoms with Gasteiger partial charge in [-0.25, -0.2) is 0 Å². The van der Waals surface area contributed by atoms with Gasteiger partial charge in [0.25, 0.3) is 0 Å². The molecule has 0 bridgehead atoms. The molecule has 1 unspecified atom stereocenters. The van der Waals surface area contributed by atoms with Crippen LogP contribution >= 0.6 is 0 Å². The zero-order valence-electron chi connectivity index (χ0n) is 20.7. The zero-order valence-corrected chi connectivity index (χ0v) is 22.3. The minimum atomic E-state index is 0. The van der Waals surface area contributed by atoms with Crippen LogP contribution < -0.4 is 21.7 Å². The molecule has 2 nitrogen and oxygen atoms in total. The fourth-order valence-electron chi connectivity index (χ4n) is 4.19. The van der Waals surface area contributed by atoms with E-state index in [1.807, 2.05) is 0 Å². The molecular weight excluding hydrogens is 434 g/mol. The average molecular weight is 485 g/mol. The van der Waals surface area contributed by atoms with Gasteiger partial charge in [0, 0.05) is 5.56 Å². The Morgan fingerprint density at radius 2 is 1.10 bits per heavy atom. The van der Waals surface area contributed by atoms with Crippen molar-refractivity contribution in [3.8, 4) is 5.75 Å². The summed E-state index contributed by atoms with van der Waals surface area (Å²) in [6.45, 7) is 5.90. The van der Waals surface area contributed by atoms with Crippen LogP contribution in [0.1, 0.15) is 115 Å². The van der Waals surface area contributed by atoms with Crippen molar-refractivity contribution in [1.29, 1.82) is 0 Å². The van der Waals surface area contributed by atoms with Crippen LogP contribution in [-0.2, 0) is 0 Å². The second-order valence-corrected chi connectivity index (χ2v) is 9.55. The molecule has 0 aromatic heterocycles. The largest absolute Gasteiger partial charge is 1.00 e. The predicted octanol–water partition coefficient (Wildman–Crippen LogP) is 5.32. The first-order chi connectivity index (χ1) is 14.0. The number of benzene rings is 1. The first kappa shape index (κ1) is 29.5. The molecule has 0 saturated heterocycles. The summed E-state index contributed by atoms with van der Waals surface area (Å²) in [7, 11) is 6.47. The van der Waals surface area contributed by atoms with Crippen molar-refractivity contribution >= 4 is 0 Å². The average Bonchev–Trinajstić information content (AvgIpc) is 2.73. The molecule has 1 aromatic rings. The molecule has 0 N–H and O–H groups in total. The summed E-state index contributed by atoms with van der Waals surface area (Å²) in [5.41, 5.74) is 1.40. The lowest BCUT2D eigenvalue weighted by Gasteiger charge is -2.36. The molecule has 0 heterocycles. The molecule has 0 fully saturated rings. The Morgan fingerprint density at radius 3 is 1.50 bits per heavy atom. The van der Waals surface area contributed by atoms with Gasteiger partial charge in [-0.1, -0.05) is 84.0 Å². The molecule has 0 amide bonds. The summed E-state index contributed by atoms with van der Waals surface area (Å²) < 4.78 is 6.35. The molecule has 1 aromatic carbocycles. The molecule has 1 atom stereocenters. The standard InChI is InChI=1S/C27H50NO.BrH/c1-6-7-8-9-10-11-12-13-14-15-16-17-18-19-24-28(3,4)25(2)26-20-22-27(29-5)23-21-26;/h20-23,25H,6-19,24H2,1-5H3;1H/q+1;/p-1. The number of halogens is 1. The van der Waals surface area contributed by atoms with E-state index in [1.165, 1.54) is 102 Å². The molecule has 0 radical (unpaired) electrons. The van der Waals surface area contributed by atoms with Gasteiger partial charge in [0.2, 0.25) is 0 Å². The number of hydrogen-bond acceptors (Lipinski definition) is 1. The number of unbranched alkanes of at least 4 members (excludes halogenated alkanes) is 13. The monoisotopic (exact) mass is 483 g/mol. The maximum Gasteiger partial charge on any atom is 0.118 e. The van der Waals surface area contributed by atoms with E-state index in [0.717, 1.165) is 10.2 Å². The van der Waals surface area contributed by atoms with Crippen molar-refractivity contribution < 1.29 is 26.2 Å². The lowest BCUT2D eigenvalue weighted by Crippen LogP contribution is -3.00. The fraction of sp³-hybridized carbons (Fsp3) is 0.778. The number of quaternary nitrogens is 1. The van der Waals surface area contributed by atoms with E-state index >= 15 is 0 Å². The highest BCUT2D eigenvalue weighted by molar-refractivity contribution is 5.28. The van der Waals surface area contributed by atoms with Crippen molar-refractivity contribution in [2.24, 2.45) is 0 Å². The van der Waals surface area contributed by atoms with Gasteiger partial charge in [0.1, 0.15) is 11.8 Å². The van der Waals surface area contributed by atoms with E-state index in [4.69, 9.17) is 4.74 Å². The van der Waals surface area contributed by atoms with Gasteiger partial charge >= 0.3 is 0 Å². The van der Waals surface area contributed by atoms with Crippen molar-refractivity contribution in [3.05, 3.63) is 29.8 Å². The number of nitrogens with zero attached hydrogens (tertiary/aromatic N) is 1. The highest BCUT2D eigenvalue weighted by atomic mass is 79.9. The van der Waals surface area contributed by atoms with Gasteiger partial charge in [-0.15, -0.1) is 0 Å². The summed E-state index contributed by atoms with van der Waals surface area (Å²) in [5.74, 6) is 0.943. The summed E-state index contributed by atoms with van der Waals surface area (Å²) in [5, 5.41) is 0. The van der Waals surface area contributed by atoms with Crippen LogP contribution in [0.15, 0.2) is 24.3 Å². The second kappa shape index (κ2) is 18.1. The number of ether oxygens (including phenoxy) is 1. The smallest absolute Gasteiger partial charge is 0.118 e. The molecule has 176 valence electrons. The Bertz CT molecular complexity index is 500. The van der Waals surface area contributed by atoms with Crippen molar-refractivity contribution in [2.75, 3.05) is 27.7 Å². The first-order valence-corrected chi connectivity index (χ1v) is 12.5. The first-order valence-electron chi connectivity index (χ1n) is 12.5. The van der Waals surface area contributed by atoms with E-state index in [-0.39, 0.29) is 17.0 Å². The second-order valence-electron chi connectivity index (χ2n) is 9.55. The Morgan fingerprint density at radius 1 is 0.700 bits per heavy atom. The number of methoxy groups -OCH3 is 1. The van der Waals surface area contributed by atoms with Crippen LogP contribution in [0.3, 0.4) is 0 Å². The van der Waals surface area contributed by atoms with Gasteiger partial charge in [-0.2, -0.15) is 0 Å². The molecule has 0 aliphatic rings. The Balaban J connectivity index is 0.00000841. The van der Waals surface area contributed by atoms with Crippen LogP contribution in [0.4, 0.5) is 0 Å². The van der Waals surface area contributed by atoms with Gasteiger partial charge in [0.05, 0.1) is 27.7 Å². The molecule has 1 rings (SSSR count). The summed E-state index contributed by atoms with van der Waals surface area (Å²) in [6, 6.07) is 9.11. The quantitative estimate of drug-likeness (QED) is 0.203. The molecule has 0 spiro atoms. The minimum absolute atomic E-state index is 0. The maximum atomic E-state index is 5.29. The molecular formula is C27H50BrNO. The van der Waals surface area contributed by atoms with Gasteiger partial charge < -0.3 is 26.2 Å². The number of hydrogen-bond donors (Lipinski definition) is 0. The third-order valence-electron chi connectivity index (χ3n) is 6.73. The van der Waals surface area contributed by atoms with Crippen molar-refractivity contribution in [1.82, 2.24) is 0 Å². The Kier molecular flexibility index (Phi) is 17.7. The highest BCUT2D eigenvalue weighted by Gasteiger charge is 2.24. The van der Waals surface area contributed by atoms with E-state index in [2.05, 4.69) is 52.2 Å². The maximum absolute atomic E-state index is 5.29. The topological polar surface area (TPSA) is 9.23 Å². The van der Waals surface area contributed by atoms with Gasteiger partial charge in [-0.3, -0.25) is 0 Å². The SMILES string of the molecule is CCCCCCCCCCCCCCCC[N+](C)(C)C(C)c1ccc(OC)cc1.[Br-]. The highest BCUT2D eigenvalue weighted by Crippen LogP contribution is 2.27. The van der Waals surface area contributed by atoms with E-state index < -0.39 is 0 Å². The molecule has 0 saturated carbocycles. The normalized spacial score (nSPS) is 12.4. The van der Waals surface area contributed by atoms with Crippen LogP contribution in [-0.4, -0.2) is 32.2 Å². The van der Waals surface area contributed by atoms with Crippen molar-refractivity contribution in [2.45, 2.75) is 110 Å². The minimum Gasteiger partial charge on any atom is -1.00 e. The van der Waals surface area contributed by atoms with Crippen LogP contribution in [0.25, 0.3) is 0 Å². The van der Waals surface area contributed by atoms with Gasteiger partial charge in [0.15, 0.2) is 0 Å². The molecule has 30 heavy (non-hydrogen) atoms. The van der Waals surface area contributed by atoms with Crippen LogP contribution in [0, 0.1) is 0 Å². The van der Waals surface area contributed by atoms with Crippen molar-refractivity contribution in [3.63, 3.8) is 0 Å². The fourth-order valence-corrected chi connectivity index (χ4v) is 4.19. The summed E-state index contributed by atoms with van der Waals surface area (Å²) >= 11 is 0. The zero-order chi connectivity index (χ0) is 21.4. The van der Waals surface area contributed by atoms with E-state index in [1.54, 1.807) is 7.11 Å². The van der Waals surface area contributed by atoms with Gasteiger partial charge in [-0.05, 0) is 44.0 Å². The van der Waals surface area contributed by atoms with Crippen LogP contribution in [0.5, 0.6) is 5.75 Å². The molecule has 3 heteroatoms. The lowest BCUT2D eigenvalue weighted by atomic mass is 10.0. The summed E-state index contributed by atoms with van der Waals surface area (Å²) in [6.07, 6.45) is 20.0. The molecule has 0 aliphatic carbocycles. The number of rotatable bonds is 18. The van der Waals surface area contributed by atoms with Crippen LogP contribution in [0.2, 0.25) is 0 Å². The molecule has 0 aliphatic heterocycles. The third-order valence-corrected chi connectivity index (χ3v) is 6.73. The Hall–Kier alpha value is -0.540. The Labute approximate surface area is 199 Å². The van der Waals surface area contributed by atoms with E-state index in [0.29, 0.717) is 6.04 Å². The predicted molar refractivity (Wildman–Crippen MR) is 129 cm³/mol. The third kappa shape index (κ3) is 13.0.